The maximum Gasteiger partial charge on any atom is 0.0863 e. The van der Waals surface area contributed by atoms with Crippen molar-refractivity contribution in [3.05, 3.63) is 0 Å². The molecule has 78 valence electrons. The first-order valence-electron chi connectivity index (χ1n) is 4.69. The van der Waals surface area contributed by atoms with Crippen molar-refractivity contribution in [2.45, 2.75) is 25.0 Å². The third kappa shape index (κ3) is 4.86. The van der Waals surface area contributed by atoms with E-state index in [1.54, 1.807) is 18.9 Å². The van der Waals surface area contributed by atoms with Crippen LogP contribution in [0.25, 0.3) is 0 Å². The average molecular weight is 206 g/mol. The van der Waals surface area contributed by atoms with E-state index in [1.807, 2.05) is 0 Å². The van der Waals surface area contributed by atoms with E-state index < -0.39 is 0 Å². The summed E-state index contributed by atoms with van der Waals surface area (Å²) in [6.45, 7) is 1.34. The van der Waals surface area contributed by atoms with Crippen LogP contribution in [-0.4, -0.2) is 49.1 Å². The molecule has 1 saturated heterocycles. The van der Waals surface area contributed by atoms with Gasteiger partial charge in [-0.2, -0.15) is 11.8 Å². The summed E-state index contributed by atoms with van der Waals surface area (Å²) in [6, 6.07) is 0. The molecule has 0 radical (unpaired) electrons. The Kier molecular flexibility index (Phi) is 5.78. The van der Waals surface area contributed by atoms with Crippen LogP contribution in [0.2, 0.25) is 0 Å². The Morgan fingerprint density at radius 1 is 1.69 bits per heavy atom. The third-order valence-corrected chi connectivity index (χ3v) is 3.22. The Hall–Kier alpha value is 0.230. The number of rotatable bonds is 6. The summed E-state index contributed by atoms with van der Waals surface area (Å²) >= 11 is 1.74. The number of hydrogen-bond donors (Lipinski definition) is 1. The van der Waals surface area contributed by atoms with E-state index in [-0.39, 0.29) is 6.10 Å². The Labute approximate surface area is 83.8 Å². The lowest BCUT2D eigenvalue weighted by atomic mass is 10.3. The Bertz CT molecular complexity index is 126. The molecule has 0 aliphatic carbocycles. The van der Waals surface area contributed by atoms with E-state index in [0.717, 1.165) is 18.1 Å². The molecule has 2 atom stereocenters. The van der Waals surface area contributed by atoms with Crippen molar-refractivity contribution in [3.8, 4) is 0 Å². The van der Waals surface area contributed by atoms with Crippen molar-refractivity contribution < 1.29 is 14.6 Å². The number of hydrogen-bond acceptors (Lipinski definition) is 4. The molecule has 0 aromatic rings. The van der Waals surface area contributed by atoms with E-state index in [4.69, 9.17) is 9.47 Å². The van der Waals surface area contributed by atoms with Crippen LogP contribution in [0.15, 0.2) is 0 Å². The van der Waals surface area contributed by atoms with Crippen molar-refractivity contribution in [2.24, 2.45) is 0 Å². The number of methoxy groups -OCH3 is 1. The average Bonchev–Trinajstić information content (AvgIpc) is 2.57. The summed E-state index contributed by atoms with van der Waals surface area (Å²) in [6.07, 6.45) is 2.44. The van der Waals surface area contributed by atoms with Gasteiger partial charge in [-0.15, -0.1) is 0 Å². The van der Waals surface area contributed by atoms with Crippen LogP contribution in [0.3, 0.4) is 0 Å². The van der Waals surface area contributed by atoms with Crippen LogP contribution in [0.4, 0.5) is 0 Å². The zero-order chi connectivity index (χ0) is 9.52. The second kappa shape index (κ2) is 6.65. The molecule has 0 saturated carbocycles. The van der Waals surface area contributed by atoms with Crippen LogP contribution in [0.1, 0.15) is 12.8 Å². The minimum absolute atomic E-state index is 0.337. The Balaban J connectivity index is 1.93. The van der Waals surface area contributed by atoms with Crippen LogP contribution in [0.5, 0.6) is 0 Å². The predicted molar refractivity (Wildman–Crippen MR) is 54.2 cm³/mol. The van der Waals surface area contributed by atoms with E-state index in [2.05, 4.69) is 0 Å². The van der Waals surface area contributed by atoms with Crippen LogP contribution in [0, 0.1) is 0 Å². The number of aliphatic hydroxyl groups is 1. The lowest BCUT2D eigenvalue weighted by molar-refractivity contribution is 0.0792. The minimum Gasteiger partial charge on any atom is -0.390 e. The fourth-order valence-electron chi connectivity index (χ4n) is 1.35. The second-order valence-corrected chi connectivity index (χ2v) is 4.36. The summed E-state index contributed by atoms with van der Waals surface area (Å²) in [5.41, 5.74) is 0. The number of ether oxygens (including phenoxy) is 2. The molecule has 1 N–H and O–H groups in total. The highest BCUT2D eigenvalue weighted by Gasteiger charge is 2.15. The molecule has 0 bridgehead atoms. The van der Waals surface area contributed by atoms with Gasteiger partial charge in [0, 0.05) is 25.2 Å². The molecule has 0 aromatic carbocycles. The van der Waals surface area contributed by atoms with Gasteiger partial charge in [-0.25, -0.2) is 0 Å². The zero-order valence-electron chi connectivity index (χ0n) is 8.07. The summed E-state index contributed by atoms with van der Waals surface area (Å²) in [5.74, 6) is 1.74. The minimum atomic E-state index is -0.337. The Morgan fingerprint density at radius 2 is 2.54 bits per heavy atom. The van der Waals surface area contributed by atoms with Gasteiger partial charge >= 0.3 is 0 Å². The summed E-state index contributed by atoms with van der Waals surface area (Å²) in [7, 11) is 1.61. The maximum absolute atomic E-state index is 9.34. The quantitative estimate of drug-likeness (QED) is 0.701. The van der Waals surface area contributed by atoms with Crippen molar-refractivity contribution >= 4 is 11.8 Å². The first-order chi connectivity index (χ1) is 6.33. The molecule has 0 spiro atoms. The number of thioether (sulfide) groups is 1. The molecule has 3 nitrogen and oxygen atoms in total. The van der Waals surface area contributed by atoms with Crippen LogP contribution < -0.4 is 0 Å². The maximum atomic E-state index is 9.34. The molecule has 2 unspecified atom stereocenters. The van der Waals surface area contributed by atoms with Crippen molar-refractivity contribution in [3.63, 3.8) is 0 Å². The lowest BCUT2D eigenvalue weighted by Gasteiger charge is -2.11. The summed E-state index contributed by atoms with van der Waals surface area (Å²) in [4.78, 5) is 0. The molecule has 1 fully saturated rings. The van der Waals surface area contributed by atoms with Crippen molar-refractivity contribution in [1.82, 2.24) is 0 Å². The van der Waals surface area contributed by atoms with Gasteiger partial charge in [-0.3, -0.25) is 0 Å². The molecule has 1 heterocycles. The fourth-order valence-corrected chi connectivity index (χ4v) is 2.38. The second-order valence-electron chi connectivity index (χ2n) is 3.28. The molecular weight excluding hydrogens is 188 g/mol. The predicted octanol–water partition coefficient (Wildman–Crippen LogP) is 0.906. The smallest absolute Gasteiger partial charge is 0.0863 e. The molecule has 13 heavy (non-hydrogen) atoms. The lowest BCUT2D eigenvalue weighted by Crippen LogP contribution is -2.18. The standard InChI is InChI=1S/C9H18O3S/c1-11-5-8(10)6-13-7-9-3-2-4-12-9/h8-10H,2-7H2,1H3. The SMILES string of the molecule is COCC(O)CSCC1CCCO1. The highest BCUT2D eigenvalue weighted by atomic mass is 32.2. The molecule has 0 aromatic heterocycles. The first-order valence-corrected chi connectivity index (χ1v) is 5.84. The third-order valence-electron chi connectivity index (χ3n) is 2.00. The normalized spacial score (nSPS) is 24.9. The zero-order valence-corrected chi connectivity index (χ0v) is 8.89. The molecular formula is C9H18O3S. The molecule has 4 heteroatoms. The van der Waals surface area contributed by atoms with Gasteiger partial charge < -0.3 is 14.6 Å². The highest BCUT2D eigenvalue weighted by Crippen LogP contribution is 2.17. The van der Waals surface area contributed by atoms with Crippen LogP contribution >= 0.6 is 11.8 Å². The monoisotopic (exact) mass is 206 g/mol. The Morgan fingerprint density at radius 3 is 3.15 bits per heavy atom. The van der Waals surface area contributed by atoms with Gasteiger partial charge in [-0.1, -0.05) is 0 Å². The molecule has 1 rings (SSSR count). The number of aliphatic hydroxyl groups excluding tert-OH is 1. The molecule has 1 aliphatic rings. The van der Waals surface area contributed by atoms with Crippen LogP contribution in [-0.2, 0) is 9.47 Å². The summed E-state index contributed by atoms with van der Waals surface area (Å²) < 4.78 is 10.3. The van der Waals surface area contributed by atoms with Gasteiger partial charge in [0.25, 0.3) is 0 Å². The molecule has 1 aliphatic heterocycles. The summed E-state index contributed by atoms with van der Waals surface area (Å²) in [5, 5.41) is 9.34. The van der Waals surface area contributed by atoms with Gasteiger partial charge in [0.1, 0.15) is 0 Å². The van der Waals surface area contributed by atoms with Gasteiger partial charge in [0.05, 0.1) is 18.8 Å². The van der Waals surface area contributed by atoms with E-state index >= 15 is 0 Å². The van der Waals surface area contributed by atoms with Gasteiger partial charge in [-0.05, 0) is 12.8 Å². The van der Waals surface area contributed by atoms with E-state index in [9.17, 15) is 5.11 Å². The van der Waals surface area contributed by atoms with Gasteiger partial charge in [0.2, 0.25) is 0 Å². The van der Waals surface area contributed by atoms with Crippen molar-refractivity contribution in [1.29, 1.82) is 0 Å². The van der Waals surface area contributed by atoms with E-state index in [0.29, 0.717) is 12.7 Å². The molecule has 0 amide bonds. The highest BCUT2D eigenvalue weighted by molar-refractivity contribution is 7.99. The van der Waals surface area contributed by atoms with E-state index in [1.165, 1.54) is 12.8 Å². The largest absolute Gasteiger partial charge is 0.390 e. The van der Waals surface area contributed by atoms with Crippen molar-refractivity contribution in [2.75, 3.05) is 31.8 Å². The van der Waals surface area contributed by atoms with Gasteiger partial charge in [0.15, 0.2) is 0 Å². The first kappa shape index (κ1) is 11.3. The fraction of sp³-hybridized carbons (Fsp3) is 1.00. The topological polar surface area (TPSA) is 38.7 Å².